The minimum atomic E-state index is -1.32. The molecule has 1 aromatic heterocycles. The third-order valence-corrected chi connectivity index (χ3v) is 9.14. The lowest BCUT2D eigenvalue weighted by atomic mass is 10.0. The van der Waals surface area contributed by atoms with Crippen molar-refractivity contribution in [2.75, 3.05) is 5.75 Å². The van der Waals surface area contributed by atoms with Gasteiger partial charge in [-0.05, 0) is 34.9 Å². The van der Waals surface area contributed by atoms with Crippen molar-refractivity contribution >= 4 is 35.5 Å². The van der Waals surface area contributed by atoms with Crippen LogP contribution in [0.25, 0.3) is 0 Å². The van der Waals surface area contributed by atoms with Crippen molar-refractivity contribution in [1.29, 1.82) is 0 Å². The number of carbonyl (C=O) groups excluding carboxylic acids is 3. The van der Waals surface area contributed by atoms with Gasteiger partial charge >= 0.3 is 17.2 Å². The molecule has 10 nitrogen and oxygen atoms in total. The van der Waals surface area contributed by atoms with Crippen molar-refractivity contribution in [3.8, 4) is 0 Å². The summed E-state index contributed by atoms with van der Waals surface area (Å²) in [5, 5.41) is 15.9. The topological polar surface area (TPSA) is 131 Å². The molecule has 3 aromatic carbocycles. The third kappa shape index (κ3) is 10.3. The van der Waals surface area contributed by atoms with Crippen LogP contribution in [0, 0.1) is 13.8 Å². The molecule has 4 aromatic rings. The minimum Gasteiger partial charge on any atom is -0.480 e. The maximum absolute atomic E-state index is 13.3. The molecule has 0 bridgehead atoms. The molecule has 0 saturated carbocycles. The number of benzene rings is 3. The number of carboxylic acid groups (broad SMARTS) is 1. The van der Waals surface area contributed by atoms with Gasteiger partial charge in [0.05, 0.1) is 12.8 Å². The van der Waals surface area contributed by atoms with Gasteiger partial charge in [0.2, 0.25) is 5.91 Å². The number of aliphatic carboxylic acids is 1. The van der Waals surface area contributed by atoms with Gasteiger partial charge in [0.1, 0.15) is 42.4 Å². The summed E-state index contributed by atoms with van der Waals surface area (Å²) in [6.07, 6.45) is -0.819. The highest BCUT2D eigenvalue weighted by atomic mass is 32.2. The third-order valence-electron chi connectivity index (χ3n) is 7.93. The molecular formula is C36H41N4O6S+. The Morgan fingerprint density at radius 2 is 1.40 bits per heavy atom. The van der Waals surface area contributed by atoms with Crippen molar-refractivity contribution in [3.63, 3.8) is 0 Å². The molecule has 0 spiro atoms. The second kappa shape index (κ2) is 17.1. The van der Waals surface area contributed by atoms with Crippen LogP contribution in [0.4, 0.5) is 4.79 Å². The van der Waals surface area contributed by atoms with E-state index in [0.29, 0.717) is 6.54 Å². The van der Waals surface area contributed by atoms with Gasteiger partial charge in [-0.25, -0.2) is 18.7 Å². The first-order valence-corrected chi connectivity index (χ1v) is 16.4. The Bertz CT molecular complexity index is 1660. The molecule has 0 aliphatic carbocycles. The average Bonchev–Trinajstić information content (AvgIpc) is 3.27. The standard InChI is InChI=1S/C36H40N4O6S/c1-25-26(2)40(22-28-15-9-5-10-16-28)36(39(25)3)47-24-30(41)19-20-31(34(43)44)37-33(42)32(21-27-13-7-4-8-14-27)38-35(45)46-23-29-17-11-6-12-18-29/h4-18,31-32H,19-24H2,1-3H3,(H2-,37,38,42,43,44,45)/p+1/t31-,32-/m0/s1. The molecule has 2 atom stereocenters. The molecule has 4 rings (SSSR count). The number of ether oxygens (including phenoxy) is 1. The summed E-state index contributed by atoms with van der Waals surface area (Å²) in [5.74, 6) is -1.94. The number of carboxylic acids is 1. The fraction of sp³-hybridized carbons (Fsp3) is 0.306. The fourth-order valence-corrected chi connectivity index (χ4v) is 6.17. The van der Waals surface area contributed by atoms with Crippen LogP contribution in [0.2, 0.25) is 0 Å². The van der Waals surface area contributed by atoms with Gasteiger partial charge in [0.25, 0.3) is 0 Å². The second-order valence-electron chi connectivity index (χ2n) is 11.3. The van der Waals surface area contributed by atoms with Crippen LogP contribution < -0.4 is 15.2 Å². The maximum Gasteiger partial charge on any atom is 0.408 e. The van der Waals surface area contributed by atoms with E-state index in [2.05, 4.69) is 31.9 Å². The Hall–Kier alpha value is -4.90. The molecule has 0 unspecified atom stereocenters. The maximum atomic E-state index is 13.3. The summed E-state index contributed by atoms with van der Waals surface area (Å²) >= 11 is 1.41. The van der Waals surface area contributed by atoms with Crippen LogP contribution >= 0.6 is 11.8 Å². The van der Waals surface area contributed by atoms with Crippen molar-refractivity contribution in [2.45, 2.75) is 63.5 Å². The SMILES string of the molecule is Cc1c(C)[n+](C)c(SCC(=O)CC[C@H](NC(=O)[C@H](Cc2ccccc2)NC(=O)OCc2ccccc2)C(=O)O)n1Cc1ccccc1. The van der Waals surface area contributed by atoms with Crippen LogP contribution in [0.1, 0.15) is 40.9 Å². The Labute approximate surface area is 279 Å². The van der Waals surface area contributed by atoms with Crippen LogP contribution in [-0.4, -0.2) is 51.3 Å². The summed E-state index contributed by atoms with van der Waals surface area (Å²) in [7, 11) is 1.96. The van der Waals surface area contributed by atoms with E-state index in [-0.39, 0.29) is 37.4 Å². The number of rotatable bonds is 16. The smallest absolute Gasteiger partial charge is 0.408 e. The predicted molar refractivity (Wildman–Crippen MR) is 179 cm³/mol. The number of imidazole rings is 1. The molecule has 0 radical (unpaired) electrons. The second-order valence-corrected chi connectivity index (χ2v) is 12.2. The highest BCUT2D eigenvalue weighted by Crippen LogP contribution is 2.21. The molecule has 0 saturated heterocycles. The van der Waals surface area contributed by atoms with Crippen molar-refractivity contribution in [2.24, 2.45) is 7.05 Å². The molecule has 3 N–H and O–H groups in total. The zero-order valence-corrected chi connectivity index (χ0v) is 27.7. The number of Topliss-reactive ketones (excluding diaryl/α,β-unsaturated/α-hetero) is 1. The van der Waals surface area contributed by atoms with Crippen LogP contribution in [0.15, 0.2) is 96.2 Å². The molecular weight excluding hydrogens is 616 g/mol. The molecule has 2 amide bonds. The van der Waals surface area contributed by atoms with E-state index in [1.807, 2.05) is 99.8 Å². The number of amides is 2. The van der Waals surface area contributed by atoms with Crippen LogP contribution in [-0.2, 0) is 45.7 Å². The number of hydrogen-bond donors (Lipinski definition) is 3. The van der Waals surface area contributed by atoms with E-state index >= 15 is 0 Å². The number of nitrogens with zero attached hydrogens (tertiary/aromatic N) is 2. The molecule has 0 fully saturated rings. The first-order chi connectivity index (χ1) is 22.6. The molecule has 11 heteroatoms. The summed E-state index contributed by atoms with van der Waals surface area (Å²) in [6, 6.07) is 25.8. The highest BCUT2D eigenvalue weighted by molar-refractivity contribution is 7.99. The number of alkyl carbamates (subject to hydrolysis) is 1. The van der Waals surface area contributed by atoms with E-state index in [1.165, 1.54) is 11.8 Å². The van der Waals surface area contributed by atoms with E-state index in [0.717, 1.165) is 33.2 Å². The Morgan fingerprint density at radius 1 is 0.830 bits per heavy atom. The lowest BCUT2D eigenvalue weighted by Gasteiger charge is -2.21. The quantitative estimate of drug-likeness (QED) is 0.119. The predicted octanol–water partition coefficient (Wildman–Crippen LogP) is 4.53. The summed E-state index contributed by atoms with van der Waals surface area (Å²) in [4.78, 5) is 51.1. The highest BCUT2D eigenvalue weighted by Gasteiger charge is 2.29. The van der Waals surface area contributed by atoms with Crippen molar-refractivity contribution in [1.82, 2.24) is 15.2 Å². The zero-order chi connectivity index (χ0) is 33.8. The van der Waals surface area contributed by atoms with Gasteiger partial charge < -0.3 is 20.5 Å². The number of aromatic nitrogens is 2. The molecule has 246 valence electrons. The van der Waals surface area contributed by atoms with Crippen molar-refractivity contribution < 1.29 is 33.6 Å². The van der Waals surface area contributed by atoms with Gasteiger partial charge in [0, 0.05) is 26.7 Å². The summed E-state index contributed by atoms with van der Waals surface area (Å²) in [5.41, 5.74) is 4.88. The zero-order valence-electron chi connectivity index (χ0n) is 26.8. The average molecular weight is 658 g/mol. The van der Waals surface area contributed by atoms with E-state index in [1.54, 1.807) is 0 Å². The van der Waals surface area contributed by atoms with Gasteiger partial charge in [-0.2, -0.15) is 0 Å². The van der Waals surface area contributed by atoms with Gasteiger partial charge in [-0.1, -0.05) is 91.0 Å². The van der Waals surface area contributed by atoms with Crippen molar-refractivity contribution in [3.05, 3.63) is 119 Å². The van der Waals surface area contributed by atoms with Crippen LogP contribution in [0.5, 0.6) is 0 Å². The lowest BCUT2D eigenvalue weighted by molar-refractivity contribution is -0.715. The Morgan fingerprint density at radius 3 is 2.00 bits per heavy atom. The van der Waals surface area contributed by atoms with Gasteiger partial charge in [0.15, 0.2) is 0 Å². The number of thioether (sulfide) groups is 1. The number of carbonyl (C=O) groups is 4. The Balaban J connectivity index is 1.36. The Kier molecular flexibility index (Phi) is 12.7. The van der Waals surface area contributed by atoms with E-state index < -0.39 is 30.1 Å². The number of hydrogen-bond acceptors (Lipinski definition) is 6. The lowest BCUT2D eigenvalue weighted by Crippen LogP contribution is -2.52. The molecule has 0 aliphatic rings. The number of nitrogens with one attached hydrogen (secondary N) is 2. The van der Waals surface area contributed by atoms with E-state index in [4.69, 9.17) is 4.74 Å². The molecule has 1 heterocycles. The normalized spacial score (nSPS) is 12.1. The van der Waals surface area contributed by atoms with Crippen LogP contribution in [0.3, 0.4) is 0 Å². The minimum absolute atomic E-state index is 0.0123. The molecule has 47 heavy (non-hydrogen) atoms. The van der Waals surface area contributed by atoms with E-state index in [9.17, 15) is 24.3 Å². The van der Waals surface area contributed by atoms with Gasteiger partial charge in [-0.15, -0.1) is 0 Å². The summed E-state index contributed by atoms with van der Waals surface area (Å²) < 4.78 is 9.53. The first-order valence-electron chi connectivity index (χ1n) is 15.4. The van der Waals surface area contributed by atoms with Gasteiger partial charge in [-0.3, -0.25) is 9.59 Å². The monoisotopic (exact) mass is 657 g/mol. The largest absolute Gasteiger partial charge is 0.480 e. The summed E-state index contributed by atoms with van der Waals surface area (Å²) in [6.45, 7) is 4.76. The first kappa shape index (κ1) is 35.0. The fourth-order valence-electron chi connectivity index (χ4n) is 5.05. The number of ketones is 1. The molecule has 0 aliphatic heterocycles.